The lowest BCUT2D eigenvalue weighted by Crippen LogP contribution is -2.27. The standard InChI is InChI=1S/C10H18O2S/c1-13-7-9(10(11)12)8-5-3-2-4-6-8/h8-9H,2-7H2,1H3,(H,11,12). The van der Waals surface area contributed by atoms with Crippen molar-refractivity contribution in [3.63, 3.8) is 0 Å². The molecule has 2 nitrogen and oxygen atoms in total. The Hall–Kier alpha value is -0.180. The monoisotopic (exact) mass is 202 g/mol. The average Bonchev–Trinajstić information content (AvgIpc) is 2.15. The topological polar surface area (TPSA) is 37.3 Å². The highest BCUT2D eigenvalue weighted by molar-refractivity contribution is 7.98. The van der Waals surface area contributed by atoms with Crippen LogP contribution in [0.3, 0.4) is 0 Å². The molecule has 1 atom stereocenters. The molecule has 3 heteroatoms. The van der Waals surface area contributed by atoms with Gasteiger partial charge >= 0.3 is 5.97 Å². The molecule has 0 aliphatic heterocycles. The fraction of sp³-hybridized carbons (Fsp3) is 0.900. The van der Waals surface area contributed by atoms with Gasteiger partial charge < -0.3 is 5.11 Å². The first-order valence-corrected chi connectivity index (χ1v) is 6.37. The predicted octanol–water partition coefficient (Wildman–Crippen LogP) is 2.63. The van der Waals surface area contributed by atoms with Gasteiger partial charge in [-0.25, -0.2) is 0 Å². The van der Waals surface area contributed by atoms with Crippen LogP contribution in [0.1, 0.15) is 32.1 Å². The van der Waals surface area contributed by atoms with Crippen molar-refractivity contribution in [1.82, 2.24) is 0 Å². The molecule has 0 bridgehead atoms. The molecule has 0 radical (unpaired) electrons. The Morgan fingerprint density at radius 2 is 2.08 bits per heavy atom. The Kier molecular flexibility index (Phi) is 4.64. The number of hydrogen-bond acceptors (Lipinski definition) is 2. The quantitative estimate of drug-likeness (QED) is 0.761. The Morgan fingerprint density at radius 3 is 2.54 bits per heavy atom. The fourth-order valence-corrected chi connectivity index (χ4v) is 2.90. The summed E-state index contributed by atoms with van der Waals surface area (Å²) in [6, 6.07) is 0. The zero-order chi connectivity index (χ0) is 9.68. The lowest BCUT2D eigenvalue weighted by Gasteiger charge is -2.26. The summed E-state index contributed by atoms with van der Waals surface area (Å²) < 4.78 is 0. The van der Waals surface area contributed by atoms with Crippen LogP contribution in [0.5, 0.6) is 0 Å². The van der Waals surface area contributed by atoms with E-state index in [1.165, 1.54) is 19.3 Å². The summed E-state index contributed by atoms with van der Waals surface area (Å²) in [6.07, 6.45) is 7.97. The van der Waals surface area contributed by atoms with E-state index in [0.29, 0.717) is 5.92 Å². The predicted molar refractivity (Wildman–Crippen MR) is 56.1 cm³/mol. The van der Waals surface area contributed by atoms with E-state index in [-0.39, 0.29) is 5.92 Å². The van der Waals surface area contributed by atoms with Crippen LogP contribution < -0.4 is 0 Å². The third-order valence-electron chi connectivity index (χ3n) is 2.88. The third-order valence-corrected chi connectivity index (χ3v) is 3.57. The maximum atomic E-state index is 11.0. The molecule has 1 rings (SSSR count). The Bertz CT molecular complexity index is 164. The number of carboxylic acid groups (broad SMARTS) is 1. The van der Waals surface area contributed by atoms with Crippen LogP contribution in [0.25, 0.3) is 0 Å². The molecule has 0 saturated heterocycles. The van der Waals surface area contributed by atoms with Crippen molar-refractivity contribution < 1.29 is 9.90 Å². The summed E-state index contributed by atoms with van der Waals surface area (Å²) in [6.45, 7) is 0. The van der Waals surface area contributed by atoms with Gasteiger partial charge in [0.05, 0.1) is 5.92 Å². The van der Waals surface area contributed by atoms with Crippen LogP contribution in [0, 0.1) is 11.8 Å². The van der Waals surface area contributed by atoms with Crippen LogP contribution in [-0.2, 0) is 4.79 Å². The summed E-state index contributed by atoms with van der Waals surface area (Å²) in [4.78, 5) is 11.0. The van der Waals surface area contributed by atoms with Crippen LogP contribution in [-0.4, -0.2) is 23.1 Å². The second-order valence-corrected chi connectivity index (χ2v) is 4.71. The highest BCUT2D eigenvalue weighted by atomic mass is 32.2. The van der Waals surface area contributed by atoms with Crippen LogP contribution in [0.15, 0.2) is 0 Å². The molecule has 1 saturated carbocycles. The molecule has 0 aromatic heterocycles. The van der Waals surface area contributed by atoms with Crippen LogP contribution >= 0.6 is 11.8 Å². The van der Waals surface area contributed by atoms with Crippen molar-refractivity contribution >= 4 is 17.7 Å². The number of hydrogen-bond donors (Lipinski definition) is 1. The van der Waals surface area contributed by atoms with Gasteiger partial charge in [-0.2, -0.15) is 11.8 Å². The number of carbonyl (C=O) groups is 1. The Balaban J connectivity index is 2.46. The molecule has 0 amide bonds. The largest absolute Gasteiger partial charge is 0.481 e. The van der Waals surface area contributed by atoms with Gasteiger partial charge in [-0.3, -0.25) is 4.79 Å². The minimum Gasteiger partial charge on any atom is -0.481 e. The highest BCUT2D eigenvalue weighted by Crippen LogP contribution is 2.31. The lowest BCUT2D eigenvalue weighted by atomic mass is 9.81. The molecule has 0 heterocycles. The Morgan fingerprint density at radius 1 is 1.46 bits per heavy atom. The van der Waals surface area contributed by atoms with Crippen molar-refractivity contribution in [3.8, 4) is 0 Å². The molecule has 1 aliphatic rings. The zero-order valence-corrected chi connectivity index (χ0v) is 8.98. The van der Waals surface area contributed by atoms with E-state index in [0.717, 1.165) is 18.6 Å². The minimum atomic E-state index is -0.596. The molecule has 76 valence electrons. The molecular formula is C10H18O2S. The second kappa shape index (κ2) is 5.53. The molecule has 1 unspecified atom stereocenters. The van der Waals surface area contributed by atoms with Gasteiger partial charge in [0.2, 0.25) is 0 Å². The highest BCUT2D eigenvalue weighted by Gasteiger charge is 2.28. The maximum Gasteiger partial charge on any atom is 0.307 e. The first-order valence-electron chi connectivity index (χ1n) is 4.97. The van der Waals surface area contributed by atoms with E-state index in [2.05, 4.69) is 0 Å². The van der Waals surface area contributed by atoms with Crippen molar-refractivity contribution in [3.05, 3.63) is 0 Å². The van der Waals surface area contributed by atoms with E-state index in [4.69, 9.17) is 5.11 Å². The van der Waals surface area contributed by atoms with Gasteiger partial charge in [0, 0.05) is 5.75 Å². The number of carboxylic acids is 1. The van der Waals surface area contributed by atoms with Crippen molar-refractivity contribution in [2.24, 2.45) is 11.8 Å². The van der Waals surface area contributed by atoms with Gasteiger partial charge in [0.15, 0.2) is 0 Å². The van der Waals surface area contributed by atoms with E-state index in [1.54, 1.807) is 11.8 Å². The van der Waals surface area contributed by atoms with Crippen molar-refractivity contribution in [2.45, 2.75) is 32.1 Å². The van der Waals surface area contributed by atoms with E-state index >= 15 is 0 Å². The molecule has 1 aliphatic carbocycles. The molecular weight excluding hydrogens is 184 g/mol. The zero-order valence-electron chi connectivity index (χ0n) is 8.16. The van der Waals surface area contributed by atoms with Crippen LogP contribution in [0.4, 0.5) is 0 Å². The molecule has 0 aromatic rings. The van der Waals surface area contributed by atoms with E-state index < -0.39 is 5.97 Å². The van der Waals surface area contributed by atoms with Gasteiger partial charge in [0.25, 0.3) is 0 Å². The number of rotatable bonds is 4. The average molecular weight is 202 g/mol. The summed E-state index contributed by atoms with van der Waals surface area (Å²) in [5.74, 6) is 0.523. The molecule has 0 spiro atoms. The SMILES string of the molecule is CSCC(C(=O)O)C1CCCCC1. The number of thioether (sulfide) groups is 1. The Labute approximate surface area is 84.1 Å². The molecule has 1 fully saturated rings. The fourth-order valence-electron chi connectivity index (χ4n) is 2.13. The van der Waals surface area contributed by atoms with Gasteiger partial charge in [-0.15, -0.1) is 0 Å². The molecule has 13 heavy (non-hydrogen) atoms. The lowest BCUT2D eigenvalue weighted by molar-refractivity contribution is -0.143. The van der Waals surface area contributed by atoms with Gasteiger partial charge in [-0.05, 0) is 25.0 Å². The van der Waals surface area contributed by atoms with Crippen molar-refractivity contribution in [2.75, 3.05) is 12.0 Å². The van der Waals surface area contributed by atoms with Crippen molar-refractivity contribution in [1.29, 1.82) is 0 Å². The first kappa shape index (κ1) is 10.9. The maximum absolute atomic E-state index is 11.0. The smallest absolute Gasteiger partial charge is 0.307 e. The normalized spacial score (nSPS) is 21.3. The van der Waals surface area contributed by atoms with Gasteiger partial charge in [-0.1, -0.05) is 19.3 Å². The van der Waals surface area contributed by atoms with Gasteiger partial charge in [0.1, 0.15) is 0 Å². The third kappa shape index (κ3) is 3.22. The minimum absolute atomic E-state index is 0.102. The molecule has 0 aromatic carbocycles. The summed E-state index contributed by atoms with van der Waals surface area (Å²) in [5, 5.41) is 9.04. The number of aliphatic carboxylic acids is 1. The summed E-state index contributed by atoms with van der Waals surface area (Å²) in [7, 11) is 0. The van der Waals surface area contributed by atoms with Crippen LogP contribution in [0.2, 0.25) is 0 Å². The second-order valence-electron chi connectivity index (χ2n) is 3.80. The summed E-state index contributed by atoms with van der Waals surface area (Å²) in [5.41, 5.74) is 0. The molecule has 1 N–H and O–H groups in total. The summed E-state index contributed by atoms with van der Waals surface area (Å²) >= 11 is 1.65. The first-order chi connectivity index (χ1) is 6.25. The van der Waals surface area contributed by atoms with E-state index in [9.17, 15) is 4.79 Å². The van der Waals surface area contributed by atoms with E-state index in [1.807, 2.05) is 6.26 Å².